The van der Waals surface area contributed by atoms with Gasteiger partial charge in [-0.3, -0.25) is 19.1 Å². The van der Waals surface area contributed by atoms with Gasteiger partial charge in [0.05, 0.1) is 19.0 Å². The summed E-state index contributed by atoms with van der Waals surface area (Å²) in [5.41, 5.74) is 1.20. The summed E-state index contributed by atoms with van der Waals surface area (Å²) in [4.78, 5) is 39.9. The summed E-state index contributed by atoms with van der Waals surface area (Å²) in [5, 5.41) is 9.83. The van der Waals surface area contributed by atoms with E-state index in [0.29, 0.717) is 19.6 Å². The molecule has 1 atom stereocenters. The predicted molar refractivity (Wildman–Crippen MR) is 117 cm³/mol. The fourth-order valence-electron chi connectivity index (χ4n) is 3.78. The smallest absolute Gasteiger partial charge is 0.272 e. The van der Waals surface area contributed by atoms with Crippen molar-refractivity contribution < 1.29 is 14.4 Å². The minimum Gasteiger partial charge on any atom is -0.356 e. The topological polar surface area (TPSA) is 96.3 Å². The molecule has 1 aliphatic rings. The third kappa shape index (κ3) is 6.41. The molecule has 2 N–H and O–H groups in total. The van der Waals surface area contributed by atoms with Crippen LogP contribution in [0.5, 0.6) is 0 Å². The molecule has 0 saturated carbocycles. The second kappa shape index (κ2) is 11.3. The van der Waals surface area contributed by atoms with E-state index in [2.05, 4.69) is 15.7 Å². The van der Waals surface area contributed by atoms with E-state index in [0.717, 1.165) is 31.2 Å². The summed E-state index contributed by atoms with van der Waals surface area (Å²) in [7, 11) is 0. The highest BCUT2D eigenvalue weighted by Crippen LogP contribution is 2.25. The Morgan fingerprint density at radius 2 is 1.90 bits per heavy atom. The lowest BCUT2D eigenvalue weighted by Gasteiger charge is -2.32. The van der Waals surface area contributed by atoms with Crippen LogP contribution in [0.2, 0.25) is 0 Å². The summed E-state index contributed by atoms with van der Waals surface area (Å²) < 4.78 is 1.66. The lowest BCUT2D eigenvalue weighted by Crippen LogP contribution is -2.44. The van der Waals surface area contributed by atoms with Crippen molar-refractivity contribution in [3.63, 3.8) is 0 Å². The zero-order valence-electron chi connectivity index (χ0n) is 18.0. The molecule has 1 fully saturated rings. The molecule has 1 aromatic carbocycles. The Morgan fingerprint density at radius 3 is 2.65 bits per heavy atom. The largest absolute Gasteiger partial charge is 0.356 e. The highest BCUT2D eigenvalue weighted by Gasteiger charge is 2.28. The van der Waals surface area contributed by atoms with Crippen LogP contribution in [-0.4, -0.2) is 52.0 Å². The van der Waals surface area contributed by atoms with E-state index in [4.69, 9.17) is 0 Å². The summed E-state index contributed by atoms with van der Waals surface area (Å²) in [6.07, 6.45) is 5.73. The Labute approximate surface area is 183 Å². The molecule has 3 amide bonds. The summed E-state index contributed by atoms with van der Waals surface area (Å²) in [6.45, 7) is 3.68. The third-order valence-electron chi connectivity index (χ3n) is 5.51. The number of amides is 3. The number of nitrogens with zero attached hydrogens (tertiary/aromatic N) is 3. The molecular weight excluding hydrogens is 394 g/mol. The van der Waals surface area contributed by atoms with Gasteiger partial charge in [0.25, 0.3) is 5.91 Å². The molecule has 1 aliphatic heterocycles. The van der Waals surface area contributed by atoms with Gasteiger partial charge < -0.3 is 15.5 Å². The van der Waals surface area contributed by atoms with Crippen LogP contribution < -0.4 is 10.6 Å². The standard InChI is InChI=1S/C23H31N5O3/c1-2-27-15-12-19(26-27)23(31)25-17-22(30)28-14-9-4-3-8-13-24-21(29)16-20(28)18-10-6-5-7-11-18/h5-7,10-12,15,20H,2-4,8-9,13-14,16-17H2,1H3,(H,24,29)(H,25,31)/t20-/m0/s1. The van der Waals surface area contributed by atoms with Crippen LogP contribution in [0, 0.1) is 0 Å². The third-order valence-corrected chi connectivity index (χ3v) is 5.51. The average Bonchev–Trinajstić information content (AvgIpc) is 3.26. The minimum absolute atomic E-state index is 0.0669. The summed E-state index contributed by atoms with van der Waals surface area (Å²) in [5.74, 6) is -0.653. The molecule has 0 bridgehead atoms. The van der Waals surface area contributed by atoms with Gasteiger partial charge in [0.1, 0.15) is 5.69 Å². The van der Waals surface area contributed by atoms with E-state index >= 15 is 0 Å². The monoisotopic (exact) mass is 425 g/mol. The highest BCUT2D eigenvalue weighted by molar-refractivity contribution is 5.94. The van der Waals surface area contributed by atoms with Gasteiger partial charge >= 0.3 is 0 Å². The Kier molecular flexibility index (Phi) is 8.20. The number of aryl methyl sites for hydroxylation is 1. The average molecular weight is 426 g/mol. The van der Waals surface area contributed by atoms with E-state index in [1.54, 1.807) is 21.8 Å². The maximum Gasteiger partial charge on any atom is 0.272 e. The first-order valence-corrected chi connectivity index (χ1v) is 11.0. The minimum atomic E-state index is -0.382. The van der Waals surface area contributed by atoms with Crippen LogP contribution in [0.1, 0.15) is 61.1 Å². The van der Waals surface area contributed by atoms with Crippen molar-refractivity contribution in [2.45, 2.75) is 51.6 Å². The van der Waals surface area contributed by atoms with Crippen molar-refractivity contribution in [2.24, 2.45) is 0 Å². The van der Waals surface area contributed by atoms with Gasteiger partial charge in [-0.1, -0.05) is 43.2 Å². The number of hydrogen-bond acceptors (Lipinski definition) is 4. The van der Waals surface area contributed by atoms with E-state index in [-0.39, 0.29) is 42.4 Å². The van der Waals surface area contributed by atoms with Crippen molar-refractivity contribution in [1.29, 1.82) is 0 Å². The fraction of sp³-hybridized carbons (Fsp3) is 0.478. The van der Waals surface area contributed by atoms with Crippen molar-refractivity contribution in [1.82, 2.24) is 25.3 Å². The number of hydrogen-bond donors (Lipinski definition) is 2. The van der Waals surface area contributed by atoms with Gasteiger partial charge in [-0.2, -0.15) is 5.10 Å². The number of rotatable bonds is 5. The second-order valence-corrected chi connectivity index (χ2v) is 7.72. The van der Waals surface area contributed by atoms with Gasteiger partial charge in [-0.25, -0.2) is 0 Å². The van der Waals surface area contributed by atoms with Crippen molar-refractivity contribution in [3.05, 3.63) is 53.9 Å². The number of nitrogens with one attached hydrogen (secondary N) is 2. The Hall–Kier alpha value is -3.16. The first kappa shape index (κ1) is 22.5. The molecule has 3 rings (SSSR count). The summed E-state index contributed by atoms with van der Waals surface area (Å²) >= 11 is 0. The number of aromatic nitrogens is 2. The van der Waals surface area contributed by atoms with Crippen LogP contribution in [0.4, 0.5) is 0 Å². The number of carbonyl (C=O) groups excluding carboxylic acids is 3. The molecular formula is C23H31N5O3. The van der Waals surface area contributed by atoms with E-state index in [9.17, 15) is 14.4 Å². The van der Waals surface area contributed by atoms with Gasteiger partial charge in [0.2, 0.25) is 11.8 Å². The molecule has 1 saturated heterocycles. The first-order chi connectivity index (χ1) is 15.1. The van der Waals surface area contributed by atoms with E-state index in [1.165, 1.54) is 0 Å². The van der Waals surface area contributed by atoms with Gasteiger partial charge in [0, 0.05) is 25.8 Å². The fourth-order valence-corrected chi connectivity index (χ4v) is 3.78. The van der Waals surface area contributed by atoms with E-state index in [1.807, 2.05) is 37.3 Å². The summed E-state index contributed by atoms with van der Waals surface area (Å²) in [6, 6.07) is 10.9. The SMILES string of the molecule is CCn1ccc(C(=O)NCC(=O)N2CCCCCCNC(=O)C[C@H]2c2ccccc2)n1. The predicted octanol–water partition coefficient (Wildman–Crippen LogP) is 2.28. The maximum atomic E-state index is 13.2. The number of carbonyl (C=O) groups is 3. The van der Waals surface area contributed by atoms with Crippen LogP contribution in [0.25, 0.3) is 0 Å². The molecule has 0 aliphatic carbocycles. The van der Waals surface area contributed by atoms with Gasteiger partial charge in [-0.05, 0) is 31.4 Å². The lowest BCUT2D eigenvalue weighted by molar-refractivity contribution is -0.134. The zero-order chi connectivity index (χ0) is 22.1. The Morgan fingerprint density at radius 1 is 1.13 bits per heavy atom. The lowest BCUT2D eigenvalue weighted by atomic mass is 10.0. The quantitative estimate of drug-likeness (QED) is 0.768. The van der Waals surface area contributed by atoms with Crippen LogP contribution in [-0.2, 0) is 16.1 Å². The molecule has 31 heavy (non-hydrogen) atoms. The highest BCUT2D eigenvalue weighted by atomic mass is 16.2. The molecule has 166 valence electrons. The molecule has 1 aromatic heterocycles. The van der Waals surface area contributed by atoms with Gasteiger partial charge in [0.15, 0.2) is 0 Å². The Bertz CT molecular complexity index is 880. The second-order valence-electron chi connectivity index (χ2n) is 7.72. The first-order valence-electron chi connectivity index (χ1n) is 11.0. The normalized spacial score (nSPS) is 18.0. The molecule has 0 radical (unpaired) electrons. The molecule has 0 spiro atoms. The zero-order valence-corrected chi connectivity index (χ0v) is 18.0. The van der Waals surface area contributed by atoms with Crippen molar-refractivity contribution >= 4 is 17.7 Å². The number of benzene rings is 1. The van der Waals surface area contributed by atoms with Crippen molar-refractivity contribution in [3.8, 4) is 0 Å². The maximum absolute atomic E-state index is 13.2. The van der Waals surface area contributed by atoms with Crippen LogP contribution in [0.15, 0.2) is 42.6 Å². The molecule has 2 aromatic rings. The van der Waals surface area contributed by atoms with Gasteiger partial charge in [-0.15, -0.1) is 0 Å². The van der Waals surface area contributed by atoms with Crippen LogP contribution >= 0.6 is 0 Å². The molecule has 8 nitrogen and oxygen atoms in total. The van der Waals surface area contributed by atoms with Crippen LogP contribution in [0.3, 0.4) is 0 Å². The molecule has 0 unspecified atom stereocenters. The molecule has 8 heteroatoms. The van der Waals surface area contributed by atoms with E-state index < -0.39 is 0 Å². The molecule has 2 heterocycles. The Balaban J connectivity index is 1.75. The van der Waals surface area contributed by atoms with Crippen molar-refractivity contribution in [2.75, 3.05) is 19.6 Å².